The number of carbonyl (C=O) groups excluding carboxylic acids is 1. The van der Waals surface area contributed by atoms with Gasteiger partial charge in [-0.3, -0.25) is 13.8 Å². The molecule has 0 aliphatic carbocycles. The maximum Gasteiger partial charge on any atom is 0.417 e. The molecule has 0 saturated carbocycles. The molecule has 2 N–H and O–H groups in total. The number of aryl methyl sites for hydroxylation is 1. The van der Waals surface area contributed by atoms with Crippen LogP contribution in [0.4, 0.5) is 30.2 Å². The highest BCUT2D eigenvalue weighted by atomic mass is 35.5. The summed E-state index contributed by atoms with van der Waals surface area (Å²) < 4.78 is 92.5. The molecule has 0 fully saturated rings. The van der Waals surface area contributed by atoms with Gasteiger partial charge in [-0.1, -0.05) is 29.3 Å². The Morgan fingerprint density at radius 3 is 2.00 bits per heavy atom. The van der Waals surface area contributed by atoms with Crippen molar-refractivity contribution in [3.05, 3.63) is 82.9 Å². The van der Waals surface area contributed by atoms with Crippen molar-refractivity contribution in [3.8, 4) is 0 Å². The van der Waals surface area contributed by atoms with Crippen LogP contribution in [0, 0.1) is 6.92 Å². The third-order valence-corrected chi connectivity index (χ3v) is 8.30. The van der Waals surface area contributed by atoms with Gasteiger partial charge in [-0.25, -0.2) is 16.8 Å². The van der Waals surface area contributed by atoms with Crippen LogP contribution in [0.15, 0.2) is 71.6 Å². The van der Waals surface area contributed by atoms with Crippen molar-refractivity contribution in [1.29, 1.82) is 0 Å². The number of nitrogens with one attached hydrogen (secondary N) is 2. The van der Waals surface area contributed by atoms with Crippen molar-refractivity contribution < 1.29 is 34.8 Å². The van der Waals surface area contributed by atoms with E-state index in [0.29, 0.717) is 11.8 Å². The van der Waals surface area contributed by atoms with Gasteiger partial charge in [-0.05, 0) is 68.4 Å². The van der Waals surface area contributed by atoms with Crippen LogP contribution in [-0.2, 0) is 31.0 Å². The fraction of sp³-hybridized carbons (Fsp3) is 0.208. The molecule has 0 heterocycles. The normalized spacial score (nSPS) is 13.0. The van der Waals surface area contributed by atoms with Crippen molar-refractivity contribution in [2.24, 2.45) is 0 Å². The molecular weight excluding hydrogens is 567 g/mol. The molecule has 0 saturated heterocycles. The summed E-state index contributed by atoms with van der Waals surface area (Å²) in [6.45, 7) is 3.24. The molecule has 8 nitrogen and oxygen atoms in total. The molecule has 14 heteroatoms. The number of benzene rings is 3. The molecule has 3 aromatic carbocycles. The van der Waals surface area contributed by atoms with Crippen molar-refractivity contribution in [2.75, 3.05) is 20.6 Å². The lowest BCUT2D eigenvalue weighted by Gasteiger charge is -2.28. The van der Waals surface area contributed by atoms with E-state index in [2.05, 4.69) is 10.0 Å². The number of amides is 1. The number of rotatable bonds is 8. The lowest BCUT2D eigenvalue weighted by molar-refractivity contribution is -0.137. The summed E-state index contributed by atoms with van der Waals surface area (Å²) in [5.74, 6) is -0.675. The molecule has 1 amide bonds. The van der Waals surface area contributed by atoms with Gasteiger partial charge in [-0.15, -0.1) is 0 Å². The highest BCUT2D eigenvalue weighted by molar-refractivity contribution is 7.92. The number of sulfonamides is 2. The van der Waals surface area contributed by atoms with Crippen LogP contribution >= 0.6 is 11.6 Å². The van der Waals surface area contributed by atoms with Crippen LogP contribution in [0.3, 0.4) is 0 Å². The van der Waals surface area contributed by atoms with E-state index in [0.717, 1.165) is 40.4 Å². The summed E-state index contributed by atoms with van der Waals surface area (Å²) in [5, 5.41) is 1.96. The zero-order chi connectivity index (χ0) is 28.5. The van der Waals surface area contributed by atoms with E-state index < -0.39 is 48.8 Å². The smallest absolute Gasteiger partial charge is 0.324 e. The third kappa shape index (κ3) is 6.97. The minimum absolute atomic E-state index is 0.170. The number of carbonyl (C=O) groups is 1. The van der Waals surface area contributed by atoms with Crippen LogP contribution in [0.5, 0.6) is 0 Å². The average molecular weight is 590 g/mol. The summed E-state index contributed by atoms with van der Waals surface area (Å²) in [6, 6.07) is 12.8. The zero-order valence-corrected chi connectivity index (χ0v) is 22.6. The Balaban J connectivity index is 1.77. The minimum atomic E-state index is -4.78. The molecule has 38 heavy (non-hydrogen) atoms. The van der Waals surface area contributed by atoms with E-state index >= 15 is 0 Å². The molecule has 204 valence electrons. The van der Waals surface area contributed by atoms with Crippen LogP contribution in [0.1, 0.15) is 18.1 Å². The van der Waals surface area contributed by atoms with Gasteiger partial charge in [0, 0.05) is 11.4 Å². The van der Waals surface area contributed by atoms with Crippen LogP contribution in [0.25, 0.3) is 0 Å². The first-order valence-electron chi connectivity index (χ1n) is 10.9. The highest BCUT2D eigenvalue weighted by Crippen LogP contribution is 2.36. The van der Waals surface area contributed by atoms with E-state index in [1.54, 1.807) is 24.3 Å². The molecule has 0 unspecified atom stereocenters. The van der Waals surface area contributed by atoms with Gasteiger partial charge in [0.2, 0.25) is 15.9 Å². The average Bonchev–Trinajstić information content (AvgIpc) is 2.80. The molecule has 1 atom stereocenters. The van der Waals surface area contributed by atoms with Gasteiger partial charge < -0.3 is 5.32 Å². The predicted octanol–water partition coefficient (Wildman–Crippen LogP) is 5.26. The molecule has 0 radical (unpaired) electrons. The summed E-state index contributed by atoms with van der Waals surface area (Å²) in [4.78, 5) is 12.6. The highest BCUT2D eigenvalue weighted by Gasteiger charge is 2.34. The fourth-order valence-corrected chi connectivity index (χ4v) is 5.93. The third-order valence-electron chi connectivity index (χ3n) is 5.33. The second kappa shape index (κ2) is 10.8. The first-order valence-corrected chi connectivity index (χ1v) is 14.6. The first kappa shape index (κ1) is 29.3. The lowest BCUT2D eigenvalue weighted by Crippen LogP contribution is -2.45. The molecule has 0 aromatic heterocycles. The standard InChI is InChI=1S/C24H23ClF3N3O5S2/c1-15-4-9-19(10-5-15)31(37(3,33)34)16(2)23(32)29-17-6-11-20(12-7-17)38(35,36)30-18-8-13-22(25)21(14-18)24(26,27)28/h4-14,16,30H,1-3H3,(H,29,32)/t16-/m1/s1. The zero-order valence-electron chi connectivity index (χ0n) is 20.2. The van der Waals surface area contributed by atoms with Crippen molar-refractivity contribution >= 4 is 54.6 Å². The Bertz CT molecular complexity index is 1540. The van der Waals surface area contributed by atoms with Crippen molar-refractivity contribution in [1.82, 2.24) is 0 Å². The minimum Gasteiger partial charge on any atom is -0.324 e. The van der Waals surface area contributed by atoms with Gasteiger partial charge in [0.15, 0.2) is 0 Å². The topological polar surface area (TPSA) is 113 Å². The van der Waals surface area contributed by atoms with Gasteiger partial charge in [0.1, 0.15) is 6.04 Å². The Labute approximate surface area is 223 Å². The van der Waals surface area contributed by atoms with E-state index in [4.69, 9.17) is 11.6 Å². The number of halogens is 4. The lowest BCUT2D eigenvalue weighted by atomic mass is 10.2. The quantitative estimate of drug-likeness (QED) is 0.372. The van der Waals surface area contributed by atoms with Crippen LogP contribution < -0.4 is 14.3 Å². The molecule has 0 spiro atoms. The molecule has 0 aliphatic rings. The Morgan fingerprint density at radius 1 is 0.921 bits per heavy atom. The number of anilines is 3. The fourth-order valence-electron chi connectivity index (χ4n) is 3.48. The second-order valence-corrected chi connectivity index (χ2v) is 12.3. The van der Waals surface area contributed by atoms with Gasteiger partial charge >= 0.3 is 6.18 Å². The number of hydrogen-bond acceptors (Lipinski definition) is 5. The van der Waals surface area contributed by atoms with Gasteiger partial charge in [0.25, 0.3) is 10.0 Å². The summed E-state index contributed by atoms with van der Waals surface area (Å²) in [6.07, 6.45) is -3.80. The Morgan fingerprint density at radius 2 is 1.47 bits per heavy atom. The summed E-state index contributed by atoms with van der Waals surface area (Å²) in [7, 11) is -8.12. The molecule has 3 rings (SSSR count). The van der Waals surface area contributed by atoms with Crippen molar-refractivity contribution in [3.63, 3.8) is 0 Å². The van der Waals surface area contributed by atoms with Crippen LogP contribution in [-0.4, -0.2) is 35.0 Å². The predicted molar refractivity (Wildman–Crippen MR) is 140 cm³/mol. The second-order valence-electron chi connectivity index (χ2n) is 8.38. The van der Waals surface area contributed by atoms with E-state index in [-0.39, 0.29) is 16.3 Å². The van der Waals surface area contributed by atoms with Crippen LogP contribution in [0.2, 0.25) is 5.02 Å². The molecular formula is C24H23ClF3N3O5S2. The monoisotopic (exact) mass is 589 g/mol. The Hall–Kier alpha value is -3.29. The molecule has 3 aromatic rings. The van der Waals surface area contributed by atoms with E-state index in [9.17, 15) is 34.8 Å². The first-order chi connectivity index (χ1) is 17.5. The van der Waals surface area contributed by atoms with Gasteiger partial charge in [-0.2, -0.15) is 13.2 Å². The number of nitrogens with zero attached hydrogens (tertiary/aromatic N) is 1. The Kier molecular flexibility index (Phi) is 8.34. The SMILES string of the molecule is Cc1ccc(N([C@H](C)C(=O)Nc2ccc(S(=O)(=O)Nc3ccc(Cl)c(C(F)(F)F)c3)cc2)S(C)(=O)=O)cc1. The summed E-state index contributed by atoms with van der Waals surface area (Å²) >= 11 is 5.57. The number of alkyl halides is 3. The largest absolute Gasteiger partial charge is 0.417 e. The molecule has 0 bridgehead atoms. The summed E-state index contributed by atoms with van der Waals surface area (Å²) in [5.41, 5.74) is -0.168. The maximum atomic E-state index is 13.1. The van der Waals surface area contributed by atoms with Gasteiger partial charge in [0.05, 0.1) is 27.4 Å². The maximum absolute atomic E-state index is 13.1. The van der Waals surface area contributed by atoms with E-state index in [1.807, 2.05) is 6.92 Å². The molecule has 0 aliphatic heterocycles. The van der Waals surface area contributed by atoms with Crippen molar-refractivity contribution in [2.45, 2.75) is 31.0 Å². The van der Waals surface area contributed by atoms with E-state index in [1.165, 1.54) is 19.1 Å². The number of hydrogen-bond donors (Lipinski definition) is 2.